The van der Waals surface area contributed by atoms with E-state index < -0.39 is 29.6 Å². The molecule has 0 aromatic heterocycles. The van der Waals surface area contributed by atoms with Crippen molar-refractivity contribution in [2.45, 2.75) is 57.5 Å². The number of carboxylic acid groups (broad SMARTS) is 1. The third kappa shape index (κ3) is 2.58. The molecule has 2 bridgehead atoms. The number of hydrogen-bond donors (Lipinski definition) is 2. The Hall–Kier alpha value is -1.30. The van der Waals surface area contributed by atoms with Crippen LogP contribution in [0, 0.1) is 5.92 Å². The van der Waals surface area contributed by atoms with Crippen LogP contribution < -0.4 is 5.32 Å². The van der Waals surface area contributed by atoms with E-state index in [0.717, 1.165) is 12.8 Å². The van der Waals surface area contributed by atoms with Crippen LogP contribution in [0.3, 0.4) is 0 Å². The molecule has 6 nitrogen and oxygen atoms in total. The molecule has 102 valence electrons. The number of nitrogens with one attached hydrogen (secondary N) is 1. The molecule has 0 aliphatic carbocycles. The maximum atomic E-state index is 11.7. The quantitative estimate of drug-likeness (QED) is 0.775. The Morgan fingerprint density at radius 1 is 1.28 bits per heavy atom. The first-order chi connectivity index (χ1) is 8.28. The number of ether oxygens (including phenoxy) is 2. The van der Waals surface area contributed by atoms with Crippen molar-refractivity contribution >= 4 is 12.1 Å². The Bertz CT molecular complexity index is 362. The summed E-state index contributed by atoms with van der Waals surface area (Å²) in [7, 11) is 0. The van der Waals surface area contributed by atoms with E-state index in [9.17, 15) is 14.7 Å². The van der Waals surface area contributed by atoms with Gasteiger partial charge in [-0.1, -0.05) is 0 Å². The number of aliphatic carboxylic acids is 1. The van der Waals surface area contributed by atoms with Crippen LogP contribution in [0.5, 0.6) is 0 Å². The largest absolute Gasteiger partial charge is 0.481 e. The number of hydrogen-bond acceptors (Lipinski definition) is 4. The van der Waals surface area contributed by atoms with E-state index in [1.807, 2.05) is 0 Å². The highest BCUT2D eigenvalue weighted by Crippen LogP contribution is 2.39. The maximum Gasteiger partial charge on any atom is 0.407 e. The second kappa shape index (κ2) is 4.42. The van der Waals surface area contributed by atoms with Gasteiger partial charge in [0.15, 0.2) is 0 Å². The molecule has 6 heteroatoms. The number of rotatable bonds is 2. The second-order valence-corrected chi connectivity index (χ2v) is 5.83. The van der Waals surface area contributed by atoms with Gasteiger partial charge in [-0.25, -0.2) is 4.79 Å². The summed E-state index contributed by atoms with van der Waals surface area (Å²) in [5.74, 6) is -1.60. The minimum absolute atomic E-state index is 0.205. The van der Waals surface area contributed by atoms with Crippen molar-refractivity contribution in [3.8, 4) is 0 Å². The van der Waals surface area contributed by atoms with Crippen LogP contribution in [-0.4, -0.2) is 41.0 Å². The van der Waals surface area contributed by atoms with Gasteiger partial charge in [-0.05, 0) is 33.6 Å². The first-order valence-corrected chi connectivity index (χ1v) is 6.16. The van der Waals surface area contributed by atoms with Crippen LogP contribution in [0.1, 0.15) is 33.6 Å². The molecule has 0 unspecified atom stereocenters. The minimum atomic E-state index is -0.928. The molecule has 0 spiro atoms. The van der Waals surface area contributed by atoms with E-state index >= 15 is 0 Å². The predicted octanol–water partition coefficient (Wildman–Crippen LogP) is 1.14. The summed E-state index contributed by atoms with van der Waals surface area (Å²) in [4.78, 5) is 22.9. The van der Waals surface area contributed by atoms with Gasteiger partial charge in [0.2, 0.25) is 0 Å². The lowest BCUT2D eigenvalue weighted by Crippen LogP contribution is -2.50. The van der Waals surface area contributed by atoms with Crippen molar-refractivity contribution in [2.75, 3.05) is 0 Å². The number of carbonyl (C=O) groups is 2. The average Bonchev–Trinajstić information content (AvgIpc) is 2.73. The molecule has 0 radical (unpaired) electrons. The fourth-order valence-electron chi connectivity index (χ4n) is 2.62. The topological polar surface area (TPSA) is 84.9 Å². The fourth-order valence-corrected chi connectivity index (χ4v) is 2.62. The van der Waals surface area contributed by atoms with Gasteiger partial charge in [0, 0.05) is 0 Å². The zero-order chi connectivity index (χ0) is 13.5. The van der Waals surface area contributed by atoms with Crippen molar-refractivity contribution in [1.82, 2.24) is 5.32 Å². The standard InChI is InChI=1S/C12H19NO5/c1-12(2,3)18-11(16)13-9-7-5-4-6(17-7)8(9)10(14)15/h6-9H,4-5H2,1-3H3,(H,13,16)(H,14,15)/t6-,7+,8-,9+/m1/s1. The SMILES string of the molecule is CC(C)(C)OC(=O)N[C@@H]1[C@H](C(=O)O)[C@H]2CC[C@@H]1O2. The number of fused-ring (bicyclic) bond motifs is 2. The highest BCUT2D eigenvalue weighted by atomic mass is 16.6. The Balaban J connectivity index is 2.00. The smallest absolute Gasteiger partial charge is 0.407 e. The second-order valence-electron chi connectivity index (χ2n) is 5.83. The monoisotopic (exact) mass is 257 g/mol. The summed E-state index contributed by atoms with van der Waals surface area (Å²) in [6.45, 7) is 5.29. The summed E-state index contributed by atoms with van der Waals surface area (Å²) in [6.07, 6.45) is 0.453. The fraction of sp³-hybridized carbons (Fsp3) is 0.833. The van der Waals surface area contributed by atoms with Gasteiger partial charge in [0.05, 0.1) is 18.2 Å². The molecule has 2 saturated heterocycles. The zero-order valence-electron chi connectivity index (χ0n) is 10.8. The van der Waals surface area contributed by atoms with Gasteiger partial charge >= 0.3 is 12.1 Å². The lowest BCUT2D eigenvalue weighted by molar-refractivity contribution is -0.144. The molecule has 4 atom stereocenters. The van der Waals surface area contributed by atoms with Crippen molar-refractivity contribution in [1.29, 1.82) is 0 Å². The lowest BCUT2D eigenvalue weighted by Gasteiger charge is -2.27. The first kappa shape index (κ1) is 13.1. The zero-order valence-corrected chi connectivity index (χ0v) is 10.8. The van der Waals surface area contributed by atoms with Crippen LogP contribution >= 0.6 is 0 Å². The molecular weight excluding hydrogens is 238 g/mol. The van der Waals surface area contributed by atoms with Crippen molar-refractivity contribution in [3.05, 3.63) is 0 Å². The van der Waals surface area contributed by atoms with Gasteiger partial charge in [-0.3, -0.25) is 4.79 Å². The molecule has 2 rings (SSSR count). The van der Waals surface area contributed by atoms with Crippen LogP contribution in [0.25, 0.3) is 0 Å². The van der Waals surface area contributed by atoms with Gasteiger partial charge in [0.1, 0.15) is 11.5 Å². The molecule has 0 aromatic rings. The van der Waals surface area contributed by atoms with Crippen LogP contribution in [0.15, 0.2) is 0 Å². The molecule has 0 aromatic carbocycles. The van der Waals surface area contributed by atoms with Gasteiger partial charge in [-0.15, -0.1) is 0 Å². The van der Waals surface area contributed by atoms with E-state index in [-0.39, 0.29) is 12.2 Å². The van der Waals surface area contributed by atoms with E-state index in [2.05, 4.69) is 5.32 Å². The van der Waals surface area contributed by atoms with E-state index in [0.29, 0.717) is 0 Å². The lowest BCUT2D eigenvalue weighted by atomic mass is 9.84. The third-order valence-electron chi connectivity index (χ3n) is 3.24. The maximum absolute atomic E-state index is 11.7. The molecule has 2 heterocycles. The molecule has 2 aliphatic rings. The Morgan fingerprint density at radius 2 is 1.89 bits per heavy atom. The van der Waals surface area contributed by atoms with Crippen LogP contribution in [0.4, 0.5) is 4.79 Å². The molecule has 1 amide bonds. The van der Waals surface area contributed by atoms with Crippen molar-refractivity contribution in [2.24, 2.45) is 5.92 Å². The normalized spacial score (nSPS) is 34.4. The number of amides is 1. The number of alkyl carbamates (subject to hydrolysis) is 1. The molecule has 2 aliphatic heterocycles. The average molecular weight is 257 g/mol. The Labute approximate surface area is 106 Å². The summed E-state index contributed by atoms with van der Waals surface area (Å²) >= 11 is 0. The van der Waals surface area contributed by atoms with Crippen LogP contribution in [-0.2, 0) is 14.3 Å². The van der Waals surface area contributed by atoms with Crippen molar-refractivity contribution in [3.63, 3.8) is 0 Å². The molecule has 0 saturated carbocycles. The summed E-state index contributed by atoms with van der Waals surface area (Å²) < 4.78 is 10.7. The molecule has 2 fully saturated rings. The van der Waals surface area contributed by atoms with Crippen molar-refractivity contribution < 1.29 is 24.2 Å². The summed E-state index contributed by atoms with van der Waals surface area (Å²) in [5.41, 5.74) is -0.596. The molecule has 18 heavy (non-hydrogen) atoms. The molecular formula is C12H19NO5. The Kier molecular flexibility index (Phi) is 3.23. The summed E-state index contributed by atoms with van der Waals surface area (Å²) in [6, 6.07) is -0.490. The van der Waals surface area contributed by atoms with Gasteiger partial charge < -0.3 is 19.9 Å². The first-order valence-electron chi connectivity index (χ1n) is 6.16. The van der Waals surface area contributed by atoms with Gasteiger partial charge in [0.25, 0.3) is 0 Å². The number of carbonyl (C=O) groups excluding carboxylic acids is 1. The van der Waals surface area contributed by atoms with Gasteiger partial charge in [-0.2, -0.15) is 0 Å². The number of carboxylic acids is 1. The van der Waals surface area contributed by atoms with Crippen LogP contribution in [0.2, 0.25) is 0 Å². The third-order valence-corrected chi connectivity index (χ3v) is 3.24. The highest BCUT2D eigenvalue weighted by Gasteiger charge is 2.53. The molecule has 2 N–H and O–H groups in total. The Morgan fingerprint density at radius 3 is 2.44 bits per heavy atom. The van der Waals surface area contributed by atoms with E-state index in [1.54, 1.807) is 20.8 Å². The van der Waals surface area contributed by atoms with E-state index in [4.69, 9.17) is 9.47 Å². The highest BCUT2D eigenvalue weighted by molar-refractivity contribution is 5.75. The minimum Gasteiger partial charge on any atom is -0.481 e. The predicted molar refractivity (Wildman–Crippen MR) is 62.2 cm³/mol. The summed E-state index contributed by atoms with van der Waals surface area (Å²) in [5, 5.41) is 11.8. The van der Waals surface area contributed by atoms with E-state index in [1.165, 1.54) is 0 Å².